The Bertz CT molecular complexity index is 292. The summed E-state index contributed by atoms with van der Waals surface area (Å²) in [5.41, 5.74) is 0.598. The fourth-order valence-corrected chi connectivity index (χ4v) is 3.91. The van der Waals surface area contributed by atoms with E-state index >= 15 is 0 Å². The molecule has 19 heavy (non-hydrogen) atoms. The summed E-state index contributed by atoms with van der Waals surface area (Å²) in [6, 6.07) is 0. The molecule has 0 radical (unpaired) electrons. The van der Waals surface area contributed by atoms with Crippen molar-refractivity contribution in [2.45, 2.75) is 72.1 Å². The van der Waals surface area contributed by atoms with Crippen molar-refractivity contribution in [2.75, 3.05) is 13.1 Å². The van der Waals surface area contributed by atoms with Crippen LogP contribution in [0.15, 0.2) is 0 Å². The van der Waals surface area contributed by atoms with E-state index in [1.165, 1.54) is 44.9 Å². The number of carbonyl (C=O) groups is 1. The zero-order chi connectivity index (χ0) is 13.9. The highest BCUT2D eigenvalue weighted by Crippen LogP contribution is 2.46. The molecule has 1 aliphatic carbocycles. The zero-order valence-corrected chi connectivity index (χ0v) is 13.1. The van der Waals surface area contributed by atoms with Crippen molar-refractivity contribution in [2.24, 2.45) is 17.3 Å². The molecule has 2 heteroatoms. The van der Waals surface area contributed by atoms with Crippen molar-refractivity contribution in [1.82, 2.24) is 4.90 Å². The SMILES string of the molecule is CCC1CCC2(CC1)CCN(C(=O)CC(C)C)CC2. The van der Waals surface area contributed by atoms with Crippen LogP contribution in [-0.2, 0) is 4.79 Å². The summed E-state index contributed by atoms with van der Waals surface area (Å²) >= 11 is 0. The van der Waals surface area contributed by atoms with Gasteiger partial charge in [0, 0.05) is 19.5 Å². The van der Waals surface area contributed by atoms with Gasteiger partial charge in [-0.05, 0) is 55.8 Å². The molecule has 0 aromatic rings. The van der Waals surface area contributed by atoms with Crippen LogP contribution >= 0.6 is 0 Å². The van der Waals surface area contributed by atoms with E-state index in [-0.39, 0.29) is 0 Å². The lowest BCUT2D eigenvalue weighted by atomic mass is 9.65. The van der Waals surface area contributed by atoms with Crippen LogP contribution in [-0.4, -0.2) is 23.9 Å². The molecule has 1 aliphatic heterocycles. The minimum Gasteiger partial charge on any atom is -0.343 e. The third-order valence-electron chi connectivity index (χ3n) is 5.50. The van der Waals surface area contributed by atoms with Gasteiger partial charge in [0.15, 0.2) is 0 Å². The number of hydrogen-bond donors (Lipinski definition) is 0. The second-order valence-electron chi connectivity index (χ2n) is 7.33. The molecule has 0 atom stereocenters. The summed E-state index contributed by atoms with van der Waals surface area (Å²) in [6.45, 7) is 8.63. The summed E-state index contributed by atoms with van der Waals surface area (Å²) in [5, 5.41) is 0. The highest BCUT2D eigenvalue weighted by molar-refractivity contribution is 5.76. The Morgan fingerprint density at radius 3 is 2.21 bits per heavy atom. The van der Waals surface area contributed by atoms with Gasteiger partial charge in [-0.15, -0.1) is 0 Å². The lowest BCUT2D eigenvalue weighted by molar-refractivity contribution is -0.134. The smallest absolute Gasteiger partial charge is 0.222 e. The van der Waals surface area contributed by atoms with Gasteiger partial charge >= 0.3 is 0 Å². The van der Waals surface area contributed by atoms with Gasteiger partial charge in [0.2, 0.25) is 5.91 Å². The highest BCUT2D eigenvalue weighted by Gasteiger charge is 2.38. The first kappa shape index (κ1) is 14.9. The maximum Gasteiger partial charge on any atom is 0.222 e. The summed E-state index contributed by atoms with van der Waals surface area (Å²) in [4.78, 5) is 14.2. The van der Waals surface area contributed by atoms with Crippen LogP contribution in [0.1, 0.15) is 72.1 Å². The molecule has 110 valence electrons. The maximum absolute atomic E-state index is 12.1. The van der Waals surface area contributed by atoms with Crippen molar-refractivity contribution >= 4 is 5.91 Å². The molecule has 1 saturated heterocycles. The summed E-state index contributed by atoms with van der Waals surface area (Å²) in [5.74, 6) is 1.85. The molecule has 0 aromatic carbocycles. The molecule has 1 saturated carbocycles. The van der Waals surface area contributed by atoms with E-state index < -0.39 is 0 Å². The average molecular weight is 265 g/mol. The first-order valence-electron chi connectivity index (χ1n) is 8.32. The Morgan fingerprint density at radius 1 is 1.16 bits per heavy atom. The fourth-order valence-electron chi connectivity index (χ4n) is 3.91. The van der Waals surface area contributed by atoms with E-state index in [9.17, 15) is 4.79 Å². The predicted molar refractivity (Wildman–Crippen MR) is 80.0 cm³/mol. The number of likely N-dealkylation sites (tertiary alicyclic amines) is 1. The van der Waals surface area contributed by atoms with E-state index in [0.717, 1.165) is 25.4 Å². The molecule has 0 N–H and O–H groups in total. The van der Waals surface area contributed by atoms with E-state index in [4.69, 9.17) is 0 Å². The van der Waals surface area contributed by atoms with E-state index in [0.29, 0.717) is 17.2 Å². The molecule has 2 nitrogen and oxygen atoms in total. The van der Waals surface area contributed by atoms with Gasteiger partial charge in [-0.2, -0.15) is 0 Å². The molecular formula is C17H31NO. The quantitative estimate of drug-likeness (QED) is 0.747. The molecule has 1 amide bonds. The minimum absolute atomic E-state index is 0.382. The van der Waals surface area contributed by atoms with Crippen molar-refractivity contribution in [1.29, 1.82) is 0 Å². The second-order valence-corrected chi connectivity index (χ2v) is 7.33. The first-order chi connectivity index (χ1) is 9.04. The monoisotopic (exact) mass is 265 g/mol. The van der Waals surface area contributed by atoms with Gasteiger partial charge in [-0.3, -0.25) is 4.79 Å². The lowest BCUT2D eigenvalue weighted by Crippen LogP contribution is -2.44. The normalized spacial score (nSPS) is 24.1. The van der Waals surface area contributed by atoms with Gasteiger partial charge in [0.05, 0.1) is 0 Å². The van der Waals surface area contributed by atoms with E-state index in [1.807, 2.05) is 0 Å². The van der Waals surface area contributed by atoms with Crippen LogP contribution in [0.3, 0.4) is 0 Å². The molecule has 0 unspecified atom stereocenters. The van der Waals surface area contributed by atoms with Crippen LogP contribution in [0.2, 0.25) is 0 Å². The van der Waals surface area contributed by atoms with Crippen molar-refractivity contribution in [3.63, 3.8) is 0 Å². The summed E-state index contributed by atoms with van der Waals surface area (Å²) in [6.07, 6.45) is 10.3. The molecule has 0 aromatic heterocycles. The van der Waals surface area contributed by atoms with Gasteiger partial charge in [0.25, 0.3) is 0 Å². The van der Waals surface area contributed by atoms with Crippen LogP contribution < -0.4 is 0 Å². The molecule has 1 heterocycles. The fraction of sp³-hybridized carbons (Fsp3) is 0.941. The molecule has 2 fully saturated rings. The Hall–Kier alpha value is -0.530. The Morgan fingerprint density at radius 2 is 1.74 bits per heavy atom. The van der Waals surface area contributed by atoms with Gasteiger partial charge in [-0.1, -0.05) is 27.2 Å². The largest absolute Gasteiger partial charge is 0.343 e. The van der Waals surface area contributed by atoms with Crippen LogP contribution in [0.4, 0.5) is 0 Å². The van der Waals surface area contributed by atoms with E-state index in [2.05, 4.69) is 25.7 Å². The number of piperidine rings is 1. The van der Waals surface area contributed by atoms with Crippen molar-refractivity contribution in [3.8, 4) is 0 Å². The molecular weight excluding hydrogens is 234 g/mol. The lowest BCUT2D eigenvalue weighted by Gasteiger charge is -2.46. The van der Waals surface area contributed by atoms with Gasteiger partial charge < -0.3 is 4.90 Å². The number of amides is 1. The van der Waals surface area contributed by atoms with E-state index in [1.54, 1.807) is 0 Å². The third kappa shape index (κ3) is 3.73. The minimum atomic E-state index is 0.382. The van der Waals surface area contributed by atoms with Crippen molar-refractivity contribution in [3.05, 3.63) is 0 Å². The topological polar surface area (TPSA) is 20.3 Å². The number of rotatable bonds is 3. The standard InChI is InChI=1S/C17H31NO/c1-4-15-5-7-17(8-6-15)9-11-18(12-10-17)16(19)13-14(2)3/h14-15H,4-13H2,1-3H3. The molecule has 0 bridgehead atoms. The Balaban J connectivity index is 1.81. The molecule has 2 rings (SSSR count). The molecule has 1 spiro atoms. The Labute approximate surface area is 118 Å². The predicted octanol–water partition coefficient (Wildman–Crippen LogP) is 4.24. The van der Waals surface area contributed by atoms with Gasteiger partial charge in [-0.25, -0.2) is 0 Å². The zero-order valence-electron chi connectivity index (χ0n) is 13.1. The van der Waals surface area contributed by atoms with Crippen LogP contribution in [0.25, 0.3) is 0 Å². The second kappa shape index (κ2) is 6.28. The average Bonchev–Trinajstić information content (AvgIpc) is 2.40. The maximum atomic E-state index is 12.1. The van der Waals surface area contributed by atoms with Crippen LogP contribution in [0.5, 0.6) is 0 Å². The third-order valence-corrected chi connectivity index (χ3v) is 5.50. The summed E-state index contributed by atoms with van der Waals surface area (Å²) < 4.78 is 0. The van der Waals surface area contributed by atoms with Crippen molar-refractivity contribution < 1.29 is 4.79 Å². The highest BCUT2D eigenvalue weighted by atomic mass is 16.2. The molecule has 2 aliphatic rings. The number of hydrogen-bond acceptors (Lipinski definition) is 1. The summed E-state index contributed by atoms with van der Waals surface area (Å²) in [7, 11) is 0. The number of nitrogens with zero attached hydrogens (tertiary/aromatic N) is 1. The first-order valence-corrected chi connectivity index (χ1v) is 8.32. The van der Waals surface area contributed by atoms with Crippen LogP contribution in [0, 0.1) is 17.3 Å². The van der Waals surface area contributed by atoms with Gasteiger partial charge in [0.1, 0.15) is 0 Å². The number of carbonyl (C=O) groups excluding carboxylic acids is 1. The Kier molecular flexibility index (Phi) is 4.92.